The summed E-state index contributed by atoms with van der Waals surface area (Å²) < 4.78 is 37.2. The van der Waals surface area contributed by atoms with Gasteiger partial charge in [-0.3, -0.25) is 0 Å². The van der Waals surface area contributed by atoms with Crippen LogP contribution in [0, 0.1) is 23.2 Å². The van der Waals surface area contributed by atoms with Gasteiger partial charge in [0.1, 0.15) is 6.07 Å². The van der Waals surface area contributed by atoms with Crippen LogP contribution in [0.4, 0.5) is 13.2 Å². The topological polar surface area (TPSA) is 23.8 Å². The summed E-state index contributed by atoms with van der Waals surface area (Å²) in [6.45, 7) is 0. The van der Waals surface area contributed by atoms with Gasteiger partial charge in [-0.2, -0.15) is 18.4 Å². The van der Waals surface area contributed by atoms with Crippen LogP contribution in [0.1, 0.15) is 16.7 Å². The first-order valence-corrected chi connectivity index (χ1v) is 5.27. The summed E-state index contributed by atoms with van der Waals surface area (Å²) in [5.74, 6) is 5.07. The Bertz CT molecular complexity index is 489. The maximum atomic E-state index is 12.4. The van der Waals surface area contributed by atoms with Gasteiger partial charge in [0, 0.05) is 5.56 Å². The molecule has 1 nitrogen and oxygen atoms in total. The molecule has 0 unspecified atom stereocenters. The lowest BCUT2D eigenvalue weighted by atomic mass is 10.0. The third kappa shape index (κ3) is 3.01. The average molecular weight is 288 g/mol. The van der Waals surface area contributed by atoms with Gasteiger partial charge in [0.25, 0.3) is 0 Å². The number of halogens is 4. The zero-order valence-corrected chi connectivity index (χ0v) is 9.48. The molecular formula is C11H5BrF3N. The summed E-state index contributed by atoms with van der Waals surface area (Å²) in [4.78, 5) is 0. The molecule has 0 amide bonds. The summed E-state index contributed by atoms with van der Waals surface area (Å²) >= 11 is 3.03. The lowest BCUT2D eigenvalue weighted by Crippen LogP contribution is -2.05. The van der Waals surface area contributed by atoms with E-state index in [2.05, 4.69) is 27.8 Å². The summed E-state index contributed by atoms with van der Waals surface area (Å²) in [6, 6.07) is 4.68. The molecular weight excluding hydrogens is 283 g/mol. The van der Waals surface area contributed by atoms with Gasteiger partial charge in [-0.25, -0.2) is 0 Å². The van der Waals surface area contributed by atoms with Gasteiger partial charge in [0.05, 0.1) is 16.5 Å². The Labute approximate surface area is 99.0 Å². The molecule has 1 aromatic rings. The van der Waals surface area contributed by atoms with E-state index < -0.39 is 11.7 Å². The van der Waals surface area contributed by atoms with E-state index in [4.69, 9.17) is 5.26 Å². The standard InChI is InChI=1S/C11H5BrF3N/c12-5-1-2-8-6-10(11(13,14)15)4-3-9(8)7-16/h3-4,6H,5H2. The Morgan fingerprint density at radius 2 is 1.94 bits per heavy atom. The van der Waals surface area contributed by atoms with E-state index >= 15 is 0 Å². The van der Waals surface area contributed by atoms with Gasteiger partial charge >= 0.3 is 6.18 Å². The van der Waals surface area contributed by atoms with Crippen LogP contribution in [0.2, 0.25) is 0 Å². The molecule has 0 saturated heterocycles. The number of benzene rings is 1. The molecule has 0 aliphatic carbocycles. The highest BCUT2D eigenvalue weighted by Gasteiger charge is 2.30. The van der Waals surface area contributed by atoms with E-state index in [0.29, 0.717) is 5.33 Å². The largest absolute Gasteiger partial charge is 0.416 e. The first-order valence-electron chi connectivity index (χ1n) is 4.15. The lowest BCUT2D eigenvalue weighted by Gasteiger charge is -2.07. The molecule has 0 aromatic heterocycles. The minimum atomic E-state index is -4.42. The fraction of sp³-hybridized carbons (Fsp3) is 0.182. The van der Waals surface area contributed by atoms with Gasteiger partial charge in [-0.15, -0.1) is 0 Å². The third-order valence-electron chi connectivity index (χ3n) is 1.76. The van der Waals surface area contributed by atoms with Crippen LogP contribution < -0.4 is 0 Å². The Morgan fingerprint density at radius 3 is 2.44 bits per heavy atom. The second-order valence-corrected chi connectivity index (χ2v) is 3.37. The molecule has 1 rings (SSSR count). The monoisotopic (exact) mass is 287 g/mol. The first-order chi connectivity index (χ1) is 7.49. The number of hydrogen-bond acceptors (Lipinski definition) is 1. The molecule has 0 heterocycles. The second-order valence-electron chi connectivity index (χ2n) is 2.81. The van der Waals surface area contributed by atoms with Gasteiger partial charge < -0.3 is 0 Å². The van der Waals surface area contributed by atoms with Crippen LogP contribution in [0.3, 0.4) is 0 Å². The second kappa shape index (κ2) is 5.05. The van der Waals surface area contributed by atoms with Gasteiger partial charge in [-0.05, 0) is 18.2 Å². The zero-order valence-electron chi connectivity index (χ0n) is 7.90. The molecule has 16 heavy (non-hydrogen) atoms. The predicted molar refractivity (Wildman–Crippen MR) is 56.8 cm³/mol. The van der Waals surface area contributed by atoms with E-state index in [1.165, 1.54) is 0 Å². The van der Waals surface area contributed by atoms with E-state index in [-0.39, 0.29) is 11.1 Å². The molecule has 1 aromatic carbocycles. The summed E-state index contributed by atoms with van der Waals surface area (Å²) in [7, 11) is 0. The smallest absolute Gasteiger partial charge is 0.192 e. The van der Waals surface area contributed by atoms with Crippen molar-refractivity contribution < 1.29 is 13.2 Å². The van der Waals surface area contributed by atoms with Crippen molar-refractivity contribution in [3.63, 3.8) is 0 Å². The minimum absolute atomic E-state index is 0.0942. The van der Waals surface area contributed by atoms with Crippen molar-refractivity contribution >= 4 is 15.9 Å². The van der Waals surface area contributed by atoms with E-state index in [0.717, 1.165) is 18.2 Å². The molecule has 82 valence electrons. The van der Waals surface area contributed by atoms with Crippen molar-refractivity contribution in [2.24, 2.45) is 0 Å². The predicted octanol–water partition coefficient (Wildman–Crippen LogP) is 3.32. The molecule has 0 saturated carbocycles. The molecule has 0 N–H and O–H groups in total. The quantitative estimate of drug-likeness (QED) is 0.530. The van der Waals surface area contributed by atoms with Crippen LogP contribution in [-0.4, -0.2) is 5.33 Å². The highest BCUT2D eigenvalue weighted by atomic mass is 79.9. The molecule has 0 bridgehead atoms. The fourth-order valence-electron chi connectivity index (χ4n) is 1.05. The van der Waals surface area contributed by atoms with Crippen LogP contribution in [0.25, 0.3) is 0 Å². The minimum Gasteiger partial charge on any atom is -0.192 e. The van der Waals surface area contributed by atoms with Crippen LogP contribution in [-0.2, 0) is 6.18 Å². The molecule has 0 aliphatic heterocycles. The van der Waals surface area contributed by atoms with E-state index in [1.807, 2.05) is 0 Å². The molecule has 5 heteroatoms. The lowest BCUT2D eigenvalue weighted by molar-refractivity contribution is -0.137. The summed E-state index contributed by atoms with van der Waals surface area (Å²) in [5, 5.41) is 9.04. The average Bonchev–Trinajstić information content (AvgIpc) is 2.24. The van der Waals surface area contributed by atoms with Crippen molar-refractivity contribution in [2.45, 2.75) is 6.18 Å². The van der Waals surface area contributed by atoms with Crippen LogP contribution >= 0.6 is 15.9 Å². The van der Waals surface area contributed by atoms with Crippen LogP contribution in [0.15, 0.2) is 18.2 Å². The van der Waals surface area contributed by atoms with Crippen molar-refractivity contribution in [2.75, 3.05) is 5.33 Å². The molecule has 0 radical (unpaired) electrons. The first kappa shape index (κ1) is 12.6. The maximum absolute atomic E-state index is 12.4. The highest BCUT2D eigenvalue weighted by molar-refractivity contribution is 9.09. The van der Waals surface area contributed by atoms with Crippen molar-refractivity contribution in [1.29, 1.82) is 5.26 Å². The highest BCUT2D eigenvalue weighted by Crippen LogP contribution is 2.30. The SMILES string of the molecule is N#Cc1ccc(C(F)(F)F)cc1C#CCBr. The number of alkyl halides is 4. The van der Waals surface area contributed by atoms with Crippen molar-refractivity contribution in [3.05, 3.63) is 34.9 Å². The third-order valence-corrected chi connectivity index (χ3v) is 2.04. The van der Waals surface area contributed by atoms with Crippen LogP contribution in [0.5, 0.6) is 0 Å². The zero-order chi connectivity index (χ0) is 12.2. The number of hydrogen-bond donors (Lipinski definition) is 0. The number of rotatable bonds is 0. The van der Waals surface area contributed by atoms with Gasteiger partial charge in [-0.1, -0.05) is 27.8 Å². The van der Waals surface area contributed by atoms with Gasteiger partial charge in [0.2, 0.25) is 0 Å². The molecule has 0 spiro atoms. The summed E-state index contributed by atoms with van der Waals surface area (Å²) in [5.41, 5.74) is -0.566. The Kier molecular flexibility index (Phi) is 3.98. The Morgan fingerprint density at radius 1 is 1.25 bits per heavy atom. The summed E-state index contributed by atoms with van der Waals surface area (Å²) in [6.07, 6.45) is -4.42. The fourth-order valence-corrected chi connectivity index (χ4v) is 1.19. The molecule has 0 fully saturated rings. The number of nitriles is 1. The Balaban J connectivity index is 3.28. The molecule has 0 aliphatic rings. The van der Waals surface area contributed by atoms with E-state index in [9.17, 15) is 13.2 Å². The van der Waals surface area contributed by atoms with E-state index in [1.54, 1.807) is 6.07 Å². The normalized spacial score (nSPS) is 10.2. The molecule has 0 atom stereocenters. The maximum Gasteiger partial charge on any atom is 0.416 e. The Hall–Kier alpha value is -1.46. The van der Waals surface area contributed by atoms with Crippen molar-refractivity contribution in [1.82, 2.24) is 0 Å². The van der Waals surface area contributed by atoms with Crippen molar-refractivity contribution in [3.8, 4) is 17.9 Å². The van der Waals surface area contributed by atoms with Gasteiger partial charge in [0.15, 0.2) is 0 Å². The number of nitrogens with zero attached hydrogens (tertiary/aromatic N) is 1.